The molecule has 57 heavy (non-hydrogen) atoms. The van der Waals surface area contributed by atoms with E-state index in [1.54, 1.807) is 0 Å². The van der Waals surface area contributed by atoms with Crippen LogP contribution in [0.15, 0.2) is 12.2 Å². The van der Waals surface area contributed by atoms with Gasteiger partial charge in [-0.25, -0.2) is 4.18 Å². The molecular weight excluding hydrogens is 755 g/mol. The summed E-state index contributed by atoms with van der Waals surface area (Å²) in [7, 11) is -5.11. The standard InChI is InChI=1S/C43H83NO12S/c1-3-5-7-9-11-13-15-17-19-21-23-25-27-29-31-36(46)35(34-54-43-40(49)41(56-57(51,52)53)39(48)38(33-45)55-43)44-42(50)37(47)32-30-28-26-24-22-20-18-16-14-12-10-8-6-4-2/h14,16,35-41,43,45-49H,3-13,15,17-34H2,1-2H3,(H,44,50)(H,51,52,53)/b16-14-. The SMILES string of the molecule is CCCCCC/C=C\CCCCCCCCC(O)C(=O)NC(COC1OC(CO)C(O)C(OS(=O)(=O)O)C1O)C(O)CCCCCCCCCCCCCCCC. The number of carbonyl (C=O) groups is 1. The Kier molecular flexibility index (Phi) is 32.6. The van der Waals surface area contributed by atoms with Crippen LogP contribution in [0.2, 0.25) is 0 Å². The highest BCUT2D eigenvalue weighted by atomic mass is 32.3. The highest BCUT2D eigenvalue weighted by molar-refractivity contribution is 7.80. The van der Waals surface area contributed by atoms with Crippen molar-refractivity contribution in [3.63, 3.8) is 0 Å². The van der Waals surface area contributed by atoms with Crippen molar-refractivity contribution in [2.24, 2.45) is 0 Å². The Hall–Kier alpha value is -1.20. The molecule has 1 rings (SSSR count). The quantitative estimate of drug-likeness (QED) is 0.0185. The zero-order valence-corrected chi connectivity index (χ0v) is 36.3. The summed E-state index contributed by atoms with van der Waals surface area (Å²) in [6.45, 7) is 3.25. The van der Waals surface area contributed by atoms with Gasteiger partial charge in [-0.3, -0.25) is 9.35 Å². The van der Waals surface area contributed by atoms with Crippen molar-refractivity contribution < 1.29 is 57.0 Å². The molecule has 1 fully saturated rings. The summed E-state index contributed by atoms with van der Waals surface area (Å²) >= 11 is 0. The van der Waals surface area contributed by atoms with Crippen molar-refractivity contribution in [2.45, 2.75) is 243 Å². The fraction of sp³-hybridized carbons (Fsp3) is 0.930. The molecule has 0 aromatic rings. The average molecular weight is 838 g/mol. The molecule has 13 nitrogen and oxygen atoms in total. The molecule has 1 aliphatic heterocycles. The molecule has 8 unspecified atom stereocenters. The Morgan fingerprint density at radius 2 is 1.12 bits per heavy atom. The maximum Gasteiger partial charge on any atom is 0.397 e. The van der Waals surface area contributed by atoms with E-state index in [4.69, 9.17) is 9.47 Å². The molecular formula is C43H83NO12S. The number of carbonyl (C=O) groups excluding carboxylic acids is 1. The largest absolute Gasteiger partial charge is 0.397 e. The van der Waals surface area contributed by atoms with E-state index >= 15 is 0 Å². The number of hydrogen-bond donors (Lipinski definition) is 7. The number of aliphatic hydroxyl groups excluding tert-OH is 5. The van der Waals surface area contributed by atoms with E-state index in [2.05, 4.69) is 35.5 Å². The van der Waals surface area contributed by atoms with E-state index in [0.29, 0.717) is 19.3 Å². The first-order valence-electron chi connectivity index (χ1n) is 22.7. The number of allylic oxidation sites excluding steroid dienone is 2. The van der Waals surface area contributed by atoms with Crippen LogP contribution in [0.4, 0.5) is 0 Å². The third-order valence-electron chi connectivity index (χ3n) is 10.9. The first-order valence-corrected chi connectivity index (χ1v) is 24.0. The van der Waals surface area contributed by atoms with Gasteiger partial charge in [0.25, 0.3) is 0 Å². The van der Waals surface area contributed by atoms with Crippen LogP contribution in [-0.2, 0) is 28.9 Å². The second kappa shape index (κ2) is 34.5. The molecule has 0 aromatic heterocycles. The third-order valence-corrected chi connectivity index (χ3v) is 11.4. The van der Waals surface area contributed by atoms with Gasteiger partial charge in [0.05, 0.1) is 25.4 Å². The fourth-order valence-corrected chi connectivity index (χ4v) is 7.79. The Morgan fingerprint density at radius 3 is 1.60 bits per heavy atom. The van der Waals surface area contributed by atoms with Gasteiger partial charge >= 0.3 is 10.4 Å². The molecule has 1 aliphatic rings. The molecule has 7 N–H and O–H groups in total. The van der Waals surface area contributed by atoms with Crippen LogP contribution < -0.4 is 5.32 Å². The van der Waals surface area contributed by atoms with Gasteiger partial charge in [0, 0.05) is 0 Å². The number of rotatable bonds is 38. The van der Waals surface area contributed by atoms with Gasteiger partial charge in [0.2, 0.25) is 5.91 Å². The van der Waals surface area contributed by atoms with Crippen LogP contribution in [0.1, 0.15) is 194 Å². The van der Waals surface area contributed by atoms with Crippen molar-refractivity contribution in [1.29, 1.82) is 0 Å². The second-order valence-electron chi connectivity index (χ2n) is 16.1. The molecule has 338 valence electrons. The van der Waals surface area contributed by atoms with Crippen LogP contribution in [0.25, 0.3) is 0 Å². The van der Waals surface area contributed by atoms with E-state index in [1.165, 1.54) is 89.9 Å². The lowest BCUT2D eigenvalue weighted by Gasteiger charge is -2.41. The second-order valence-corrected chi connectivity index (χ2v) is 17.2. The lowest BCUT2D eigenvalue weighted by molar-refractivity contribution is -0.298. The van der Waals surface area contributed by atoms with Crippen LogP contribution in [-0.4, -0.2) is 107 Å². The molecule has 8 atom stereocenters. The van der Waals surface area contributed by atoms with E-state index in [9.17, 15) is 43.3 Å². The van der Waals surface area contributed by atoms with Crippen molar-refractivity contribution >= 4 is 16.3 Å². The highest BCUT2D eigenvalue weighted by Gasteiger charge is 2.48. The summed E-state index contributed by atoms with van der Waals surface area (Å²) in [5.41, 5.74) is 0. The lowest BCUT2D eigenvalue weighted by atomic mass is 9.99. The predicted molar refractivity (Wildman–Crippen MR) is 224 cm³/mol. The highest BCUT2D eigenvalue weighted by Crippen LogP contribution is 2.26. The Bertz CT molecular complexity index is 1100. The van der Waals surface area contributed by atoms with Crippen molar-refractivity contribution in [3.05, 3.63) is 12.2 Å². The summed E-state index contributed by atoms with van der Waals surface area (Å²) in [6.07, 6.45) is 23.9. The average Bonchev–Trinajstić information content (AvgIpc) is 3.18. The monoisotopic (exact) mass is 838 g/mol. The molecule has 0 bridgehead atoms. The molecule has 0 spiro atoms. The number of aliphatic hydroxyl groups is 5. The number of amides is 1. The minimum atomic E-state index is -5.11. The summed E-state index contributed by atoms with van der Waals surface area (Å²) in [5.74, 6) is -0.675. The number of hydrogen-bond acceptors (Lipinski definition) is 11. The smallest absolute Gasteiger partial charge is 0.394 e. The summed E-state index contributed by atoms with van der Waals surface area (Å²) in [4.78, 5) is 13.1. The van der Waals surface area contributed by atoms with Crippen LogP contribution >= 0.6 is 0 Å². The molecule has 1 amide bonds. The number of nitrogens with one attached hydrogen (secondary N) is 1. The Labute approximate surface area is 345 Å². The normalized spacial score (nSPS) is 21.9. The van der Waals surface area contributed by atoms with Gasteiger partial charge in [-0.05, 0) is 38.5 Å². The first-order chi connectivity index (χ1) is 27.4. The Balaban J connectivity index is 2.59. The zero-order chi connectivity index (χ0) is 42.2. The predicted octanol–water partition coefficient (Wildman–Crippen LogP) is 7.36. The third kappa shape index (κ3) is 27.3. The maximum atomic E-state index is 13.1. The lowest BCUT2D eigenvalue weighted by Crippen LogP contribution is -2.61. The number of ether oxygens (including phenoxy) is 2. The minimum Gasteiger partial charge on any atom is -0.394 e. The van der Waals surface area contributed by atoms with Gasteiger partial charge in [0.15, 0.2) is 6.29 Å². The topological polar surface area (TPSA) is 212 Å². The van der Waals surface area contributed by atoms with Gasteiger partial charge in [-0.15, -0.1) is 0 Å². The van der Waals surface area contributed by atoms with E-state index in [0.717, 1.165) is 64.2 Å². The molecule has 0 aromatic carbocycles. The van der Waals surface area contributed by atoms with E-state index in [1.807, 2.05) is 0 Å². The molecule has 0 saturated carbocycles. The summed E-state index contributed by atoms with van der Waals surface area (Å²) < 4.78 is 47.5. The van der Waals surface area contributed by atoms with Gasteiger partial charge in [-0.1, -0.05) is 167 Å². The van der Waals surface area contributed by atoms with Gasteiger partial charge < -0.3 is 40.3 Å². The van der Waals surface area contributed by atoms with Crippen LogP contribution in [0.3, 0.4) is 0 Å². The molecule has 14 heteroatoms. The van der Waals surface area contributed by atoms with Crippen molar-refractivity contribution in [2.75, 3.05) is 13.2 Å². The fourth-order valence-electron chi connectivity index (χ4n) is 7.28. The molecule has 1 heterocycles. The molecule has 1 saturated heterocycles. The number of unbranched alkanes of at least 4 members (excludes halogenated alkanes) is 23. The molecule has 0 radical (unpaired) electrons. The van der Waals surface area contributed by atoms with E-state index < -0.39 is 78.5 Å². The van der Waals surface area contributed by atoms with Crippen molar-refractivity contribution in [3.8, 4) is 0 Å². The van der Waals surface area contributed by atoms with Crippen LogP contribution in [0, 0.1) is 0 Å². The van der Waals surface area contributed by atoms with Gasteiger partial charge in [-0.2, -0.15) is 8.42 Å². The maximum absolute atomic E-state index is 13.1. The van der Waals surface area contributed by atoms with Crippen LogP contribution in [0.5, 0.6) is 0 Å². The first kappa shape index (κ1) is 53.8. The van der Waals surface area contributed by atoms with Gasteiger partial charge in [0.1, 0.15) is 30.5 Å². The van der Waals surface area contributed by atoms with E-state index in [-0.39, 0.29) is 6.42 Å². The zero-order valence-electron chi connectivity index (χ0n) is 35.5. The molecule has 0 aliphatic carbocycles. The summed E-state index contributed by atoms with van der Waals surface area (Å²) in [5, 5.41) is 55.3. The van der Waals surface area contributed by atoms with Crippen molar-refractivity contribution in [1.82, 2.24) is 5.32 Å². The summed E-state index contributed by atoms with van der Waals surface area (Å²) in [6, 6.07) is -1.03. The minimum absolute atomic E-state index is 0.254. The Morgan fingerprint density at radius 1 is 0.684 bits per heavy atom.